The number of carbonyl (C=O) groups is 1. The van der Waals surface area contributed by atoms with Crippen LogP contribution in [0, 0.1) is 0 Å². The molecule has 0 bridgehead atoms. The number of nitrogens with zero attached hydrogens (tertiary/aromatic N) is 4. The summed E-state index contributed by atoms with van der Waals surface area (Å²) < 4.78 is 5.77. The van der Waals surface area contributed by atoms with Gasteiger partial charge in [-0.25, -0.2) is 0 Å². The normalized spacial score (nSPS) is 12.2. The summed E-state index contributed by atoms with van der Waals surface area (Å²) in [6.45, 7) is 2.54. The van der Waals surface area contributed by atoms with E-state index in [1.165, 1.54) is 0 Å². The largest absolute Gasteiger partial charge is 0.349 e. The Hall–Kier alpha value is -2.06. The lowest BCUT2D eigenvalue weighted by Crippen LogP contribution is -2.31. The fraction of sp³-hybridized carbons (Fsp3) is 0.333. The van der Waals surface area contributed by atoms with Crippen LogP contribution in [-0.4, -0.2) is 31.8 Å². The first kappa shape index (κ1) is 15.8. The minimum Gasteiger partial charge on any atom is -0.349 e. The molecule has 0 saturated carbocycles. The van der Waals surface area contributed by atoms with Crippen molar-refractivity contribution in [3.05, 3.63) is 51.4 Å². The molecule has 0 aliphatic rings. The van der Waals surface area contributed by atoms with Gasteiger partial charge in [-0.3, -0.25) is 9.48 Å². The summed E-state index contributed by atoms with van der Waals surface area (Å²) >= 11 is 2.81. The van der Waals surface area contributed by atoms with Crippen LogP contribution in [0.15, 0.2) is 36.0 Å². The van der Waals surface area contributed by atoms with Crippen molar-refractivity contribution in [1.82, 2.24) is 24.7 Å². The van der Waals surface area contributed by atoms with Gasteiger partial charge in [0, 0.05) is 23.8 Å². The van der Waals surface area contributed by atoms with Gasteiger partial charge in [-0.2, -0.15) is 5.10 Å². The Morgan fingerprint density at radius 3 is 3.04 bits per heavy atom. The van der Waals surface area contributed by atoms with Gasteiger partial charge >= 0.3 is 0 Å². The average Bonchev–Trinajstić information content (AvgIpc) is 3.30. The zero-order valence-corrected chi connectivity index (χ0v) is 14.3. The van der Waals surface area contributed by atoms with Crippen LogP contribution >= 0.6 is 22.9 Å². The lowest BCUT2D eigenvalue weighted by molar-refractivity contribution is 0.0952. The summed E-state index contributed by atoms with van der Waals surface area (Å²) in [5, 5.41) is 13.4. The number of nitrogens with one attached hydrogen (secondary N) is 1. The third-order valence-corrected chi connectivity index (χ3v) is 5.16. The summed E-state index contributed by atoms with van der Waals surface area (Å²) in [6.07, 6.45) is 5.37. The predicted octanol–water partition coefficient (Wildman–Crippen LogP) is 2.77. The molecule has 6 nitrogen and oxygen atoms in total. The summed E-state index contributed by atoms with van der Waals surface area (Å²) in [7, 11) is 0. The van der Waals surface area contributed by atoms with E-state index in [1.807, 2.05) is 28.4 Å². The zero-order valence-electron chi connectivity index (χ0n) is 12.7. The highest BCUT2D eigenvalue weighted by molar-refractivity contribution is 7.10. The van der Waals surface area contributed by atoms with Crippen molar-refractivity contribution in [2.75, 3.05) is 6.54 Å². The van der Waals surface area contributed by atoms with Gasteiger partial charge in [0.05, 0.1) is 5.69 Å². The molecule has 0 fully saturated rings. The maximum atomic E-state index is 12.4. The lowest BCUT2D eigenvalue weighted by Gasteiger charge is -2.16. The number of aromatic nitrogens is 4. The average molecular weight is 347 g/mol. The standard InChI is InChI=1S/C15H17N5OS2/c1-2-5-11-14(23-19-18-11)15(21)16-10-12(13-6-3-9-22-13)20-8-4-7-17-20/h3-4,6-9,12H,2,5,10H2,1H3,(H,16,21). The molecule has 3 aromatic rings. The molecule has 0 radical (unpaired) electrons. The van der Waals surface area contributed by atoms with Crippen LogP contribution in [0.2, 0.25) is 0 Å². The monoisotopic (exact) mass is 347 g/mol. The minimum absolute atomic E-state index is 0.00976. The second kappa shape index (κ2) is 7.47. The second-order valence-electron chi connectivity index (χ2n) is 5.03. The van der Waals surface area contributed by atoms with Gasteiger partial charge in [0.2, 0.25) is 0 Å². The molecule has 0 saturated heterocycles. The molecule has 0 aromatic carbocycles. The second-order valence-corrected chi connectivity index (χ2v) is 6.76. The van der Waals surface area contributed by atoms with E-state index < -0.39 is 0 Å². The molecular weight excluding hydrogens is 330 g/mol. The molecule has 1 atom stereocenters. The van der Waals surface area contributed by atoms with Crippen LogP contribution in [-0.2, 0) is 6.42 Å². The van der Waals surface area contributed by atoms with E-state index in [0.29, 0.717) is 11.4 Å². The highest BCUT2D eigenvalue weighted by Crippen LogP contribution is 2.22. The molecule has 3 rings (SSSR count). The molecule has 0 aliphatic heterocycles. The number of carbonyl (C=O) groups excluding carboxylic acids is 1. The highest BCUT2D eigenvalue weighted by Gasteiger charge is 2.20. The van der Waals surface area contributed by atoms with E-state index in [1.54, 1.807) is 17.5 Å². The first-order chi connectivity index (χ1) is 11.3. The van der Waals surface area contributed by atoms with Gasteiger partial charge in [0.1, 0.15) is 10.9 Å². The van der Waals surface area contributed by atoms with Crippen LogP contribution < -0.4 is 5.32 Å². The van der Waals surface area contributed by atoms with E-state index in [2.05, 4.69) is 33.0 Å². The number of hydrogen-bond acceptors (Lipinski definition) is 6. The van der Waals surface area contributed by atoms with Gasteiger partial charge < -0.3 is 5.32 Å². The fourth-order valence-corrected chi connectivity index (χ4v) is 3.77. The molecule has 1 N–H and O–H groups in total. The van der Waals surface area contributed by atoms with Crippen LogP contribution in [0.4, 0.5) is 0 Å². The molecule has 8 heteroatoms. The maximum absolute atomic E-state index is 12.4. The number of rotatable bonds is 7. The van der Waals surface area contributed by atoms with Gasteiger partial charge in [0.25, 0.3) is 5.91 Å². The van der Waals surface area contributed by atoms with E-state index in [-0.39, 0.29) is 11.9 Å². The first-order valence-electron chi connectivity index (χ1n) is 7.41. The summed E-state index contributed by atoms with van der Waals surface area (Å²) in [5.74, 6) is -0.114. The summed E-state index contributed by atoms with van der Waals surface area (Å²) in [6, 6.07) is 5.93. The number of aryl methyl sites for hydroxylation is 1. The Bertz CT molecular complexity index is 702. The Balaban J connectivity index is 1.72. The van der Waals surface area contributed by atoms with Crippen molar-refractivity contribution in [3.63, 3.8) is 0 Å². The van der Waals surface area contributed by atoms with E-state index in [9.17, 15) is 4.79 Å². The number of hydrogen-bond donors (Lipinski definition) is 1. The Morgan fingerprint density at radius 2 is 2.35 bits per heavy atom. The van der Waals surface area contributed by atoms with Gasteiger partial charge in [-0.05, 0) is 35.5 Å². The summed E-state index contributed by atoms with van der Waals surface area (Å²) in [5.41, 5.74) is 0.779. The van der Waals surface area contributed by atoms with Crippen LogP contribution in [0.5, 0.6) is 0 Å². The molecule has 1 unspecified atom stereocenters. The third kappa shape index (κ3) is 3.65. The lowest BCUT2D eigenvalue weighted by atomic mass is 10.2. The number of amides is 1. The molecule has 23 heavy (non-hydrogen) atoms. The molecule has 0 spiro atoms. The first-order valence-corrected chi connectivity index (χ1v) is 9.07. The van der Waals surface area contributed by atoms with Crippen molar-refractivity contribution >= 4 is 28.8 Å². The number of thiophene rings is 1. The van der Waals surface area contributed by atoms with Crippen LogP contribution in [0.3, 0.4) is 0 Å². The van der Waals surface area contributed by atoms with E-state index in [0.717, 1.165) is 34.9 Å². The van der Waals surface area contributed by atoms with Gasteiger partial charge in [-0.15, -0.1) is 16.4 Å². The molecular formula is C15H17N5OS2. The Labute approximate surface area is 142 Å². The quantitative estimate of drug-likeness (QED) is 0.713. The maximum Gasteiger partial charge on any atom is 0.265 e. The van der Waals surface area contributed by atoms with E-state index in [4.69, 9.17) is 0 Å². The topological polar surface area (TPSA) is 72.7 Å². The van der Waals surface area contributed by atoms with Gasteiger partial charge in [-0.1, -0.05) is 23.9 Å². The molecule has 1 amide bonds. The van der Waals surface area contributed by atoms with Crippen molar-refractivity contribution in [2.24, 2.45) is 0 Å². The molecule has 0 aliphatic carbocycles. The smallest absolute Gasteiger partial charge is 0.265 e. The SMILES string of the molecule is CCCc1nnsc1C(=O)NCC(c1cccs1)n1cccn1. The van der Waals surface area contributed by atoms with Crippen molar-refractivity contribution < 1.29 is 4.79 Å². The molecule has 3 heterocycles. The van der Waals surface area contributed by atoms with Crippen molar-refractivity contribution in [3.8, 4) is 0 Å². The van der Waals surface area contributed by atoms with Crippen LogP contribution in [0.25, 0.3) is 0 Å². The highest BCUT2D eigenvalue weighted by atomic mass is 32.1. The third-order valence-electron chi connectivity index (χ3n) is 3.42. The molecule has 120 valence electrons. The Morgan fingerprint density at radius 1 is 1.43 bits per heavy atom. The fourth-order valence-electron chi connectivity index (χ4n) is 2.32. The predicted molar refractivity (Wildman–Crippen MR) is 90.9 cm³/mol. The molecule has 3 aromatic heterocycles. The van der Waals surface area contributed by atoms with Crippen molar-refractivity contribution in [2.45, 2.75) is 25.8 Å². The van der Waals surface area contributed by atoms with Crippen molar-refractivity contribution in [1.29, 1.82) is 0 Å². The Kier molecular flexibility index (Phi) is 5.14. The zero-order chi connectivity index (χ0) is 16.1. The minimum atomic E-state index is -0.114. The van der Waals surface area contributed by atoms with Crippen LogP contribution in [0.1, 0.15) is 39.6 Å². The summed E-state index contributed by atoms with van der Waals surface area (Å²) in [4.78, 5) is 14.2. The van der Waals surface area contributed by atoms with Gasteiger partial charge in [0.15, 0.2) is 0 Å². The van der Waals surface area contributed by atoms with E-state index >= 15 is 0 Å².